The molecule has 2 aromatic rings. The van der Waals surface area contributed by atoms with Crippen molar-refractivity contribution in [1.82, 2.24) is 14.9 Å². The van der Waals surface area contributed by atoms with Crippen molar-refractivity contribution in [3.63, 3.8) is 0 Å². The molecule has 2 N–H and O–H groups in total. The first kappa shape index (κ1) is 14.8. The largest absolute Gasteiger partial charge is 0.385 e. The summed E-state index contributed by atoms with van der Waals surface area (Å²) in [5.74, 6) is 0.163. The second kappa shape index (κ2) is 7.22. The normalized spacial score (nSPS) is 13.5. The fraction of sp³-hybridized carbons (Fsp3) is 0.412. The zero-order valence-corrected chi connectivity index (χ0v) is 12.7. The molecule has 116 valence electrons. The molecule has 0 aliphatic carbocycles. The van der Waals surface area contributed by atoms with Crippen molar-refractivity contribution in [2.75, 3.05) is 25.0 Å². The number of ketones is 1. The van der Waals surface area contributed by atoms with Crippen molar-refractivity contribution in [2.24, 2.45) is 0 Å². The molecule has 0 amide bonds. The molecule has 1 aromatic carbocycles. The third kappa shape index (κ3) is 3.74. The van der Waals surface area contributed by atoms with Crippen LogP contribution in [-0.2, 0) is 13.0 Å². The average molecular weight is 298 g/mol. The molecule has 1 aliphatic rings. The van der Waals surface area contributed by atoms with Crippen LogP contribution < -0.4 is 10.6 Å². The smallest absolute Gasteiger partial charge is 0.176 e. The van der Waals surface area contributed by atoms with Crippen LogP contribution in [0.5, 0.6) is 0 Å². The van der Waals surface area contributed by atoms with Crippen LogP contribution in [0, 0.1) is 0 Å². The molecular formula is C17H22N4O. The van der Waals surface area contributed by atoms with Crippen molar-refractivity contribution in [1.29, 1.82) is 0 Å². The maximum atomic E-state index is 12.2. The van der Waals surface area contributed by atoms with Crippen LogP contribution in [-0.4, -0.2) is 35.0 Å². The van der Waals surface area contributed by atoms with Gasteiger partial charge < -0.3 is 15.2 Å². The summed E-state index contributed by atoms with van der Waals surface area (Å²) < 4.78 is 2.04. The second-order valence-electron chi connectivity index (χ2n) is 5.66. The van der Waals surface area contributed by atoms with Crippen LogP contribution in [0.25, 0.3) is 0 Å². The number of hydrogen-bond donors (Lipinski definition) is 2. The van der Waals surface area contributed by atoms with E-state index in [0.29, 0.717) is 6.54 Å². The minimum atomic E-state index is 0.163. The van der Waals surface area contributed by atoms with Crippen molar-refractivity contribution in [2.45, 2.75) is 25.8 Å². The number of anilines is 1. The number of nitrogens with one attached hydrogen (secondary N) is 2. The Kier molecular flexibility index (Phi) is 4.85. The highest BCUT2D eigenvalue weighted by Gasteiger charge is 2.12. The van der Waals surface area contributed by atoms with Crippen LogP contribution in [0.1, 0.15) is 28.8 Å². The first-order valence-electron chi connectivity index (χ1n) is 7.89. The van der Waals surface area contributed by atoms with Gasteiger partial charge in [0, 0.05) is 36.7 Å². The summed E-state index contributed by atoms with van der Waals surface area (Å²) in [6.07, 6.45) is 8.72. The molecule has 22 heavy (non-hydrogen) atoms. The van der Waals surface area contributed by atoms with Gasteiger partial charge in [0.2, 0.25) is 0 Å². The highest BCUT2D eigenvalue weighted by Crippen LogP contribution is 2.22. The lowest BCUT2D eigenvalue weighted by atomic mass is 9.99. The number of Topliss-reactive ketones (excluding diaryl/α,β-unsaturated/α-hetero) is 1. The Morgan fingerprint density at radius 3 is 3.23 bits per heavy atom. The van der Waals surface area contributed by atoms with E-state index in [1.807, 2.05) is 35.3 Å². The summed E-state index contributed by atoms with van der Waals surface area (Å²) in [6.45, 7) is 3.18. The van der Waals surface area contributed by atoms with Crippen LogP contribution in [0.3, 0.4) is 0 Å². The molecule has 0 saturated carbocycles. The standard InChI is InChI=1S/C17H22N4O/c22-17(12-18-6-2-9-21-10-8-19-13-21)15-4-5-16-14(11-15)3-1-7-20-16/h4-5,8,10-11,13,18,20H,1-3,6-7,9,12H2. The van der Waals surface area contributed by atoms with Gasteiger partial charge >= 0.3 is 0 Å². The number of fused-ring (bicyclic) bond motifs is 1. The van der Waals surface area contributed by atoms with Crippen LogP contribution >= 0.6 is 0 Å². The van der Waals surface area contributed by atoms with Gasteiger partial charge in [-0.2, -0.15) is 0 Å². The number of aromatic nitrogens is 2. The number of carbonyl (C=O) groups is 1. The van der Waals surface area contributed by atoms with Crippen LogP contribution in [0.15, 0.2) is 36.9 Å². The maximum Gasteiger partial charge on any atom is 0.176 e. The van der Waals surface area contributed by atoms with Crippen molar-refractivity contribution < 1.29 is 4.79 Å². The molecule has 0 radical (unpaired) electrons. The van der Waals surface area contributed by atoms with E-state index in [0.717, 1.165) is 44.5 Å². The van der Waals surface area contributed by atoms with Crippen molar-refractivity contribution >= 4 is 11.5 Å². The van der Waals surface area contributed by atoms with E-state index in [1.54, 1.807) is 6.20 Å². The maximum absolute atomic E-state index is 12.2. The lowest BCUT2D eigenvalue weighted by molar-refractivity contribution is 0.0991. The van der Waals surface area contributed by atoms with Gasteiger partial charge in [-0.15, -0.1) is 0 Å². The van der Waals surface area contributed by atoms with E-state index < -0.39 is 0 Å². The van der Waals surface area contributed by atoms with Crippen LogP contribution in [0.2, 0.25) is 0 Å². The molecule has 0 atom stereocenters. The van der Waals surface area contributed by atoms with E-state index in [9.17, 15) is 4.79 Å². The fourth-order valence-corrected chi connectivity index (χ4v) is 2.76. The number of nitrogens with zero attached hydrogens (tertiary/aromatic N) is 2. The summed E-state index contributed by atoms with van der Waals surface area (Å²) in [5.41, 5.74) is 3.25. The predicted molar refractivity (Wildman–Crippen MR) is 87.3 cm³/mol. The van der Waals surface area contributed by atoms with Crippen molar-refractivity contribution in [3.8, 4) is 0 Å². The Hall–Kier alpha value is -2.14. The molecule has 0 fully saturated rings. The average Bonchev–Trinajstić information content (AvgIpc) is 3.07. The van der Waals surface area contributed by atoms with Gasteiger partial charge in [-0.25, -0.2) is 4.98 Å². The van der Waals surface area contributed by atoms with Gasteiger partial charge in [0.15, 0.2) is 5.78 Å². The van der Waals surface area contributed by atoms with Crippen LogP contribution in [0.4, 0.5) is 5.69 Å². The number of carbonyl (C=O) groups excluding carboxylic acids is 1. The summed E-state index contributed by atoms with van der Waals surface area (Å²) >= 11 is 0. The second-order valence-corrected chi connectivity index (χ2v) is 5.66. The number of aryl methyl sites for hydroxylation is 2. The number of benzene rings is 1. The summed E-state index contributed by atoms with van der Waals surface area (Å²) in [5, 5.41) is 6.59. The van der Waals surface area contributed by atoms with Gasteiger partial charge in [0.05, 0.1) is 12.9 Å². The molecule has 5 heteroatoms. The quantitative estimate of drug-likeness (QED) is 0.607. The molecule has 5 nitrogen and oxygen atoms in total. The van der Waals surface area contributed by atoms with Crippen molar-refractivity contribution in [3.05, 3.63) is 48.0 Å². The van der Waals surface area contributed by atoms with E-state index in [-0.39, 0.29) is 5.78 Å². The Labute approximate surface area is 130 Å². The molecular weight excluding hydrogens is 276 g/mol. The Balaban J connectivity index is 1.43. The molecule has 1 aliphatic heterocycles. The third-order valence-electron chi connectivity index (χ3n) is 3.98. The fourth-order valence-electron chi connectivity index (χ4n) is 2.76. The van der Waals surface area contributed by atoms with Gasteiger partial charge in [-0.05, 0) is 49.6 Å². The SMILES string of the molecule is O=C(CNCCCn1ccnc1)c1ccc2c(c1)CCCN2. The predicted octanol–water partition coefficient (Wildman–Crippen LogP) is 2.10. The number of rotatable bonds is 7. The zero-order chi connectivity index (χ0) is 15.2. The molecule has 1 aromatic heterocycles. The van der Waals surface area contributed by atoms with Gasteiger partial charge in [0.25, 0.3) is 0 Å². The molecule has 0 unspecified atom stereocenters. The Bertz CT molecular complexity index is 622. The number of hydrogen-bond acceptors (Lipinski definition) is 4. The van der Waals surface area contributed by atoms with E-state index in [4.69, 9.17) is 0 Å². The van der Waals surface area contributed by atoms with Gasteiger partial charge in [-0.1, -0.05) is 0 Å². The summed E-state index contributed by atoms with van der Waals surface area (Å²) in [7, 11) is 0. The van der Waals surface area contributed by atoms with E-state index >= 15 is 0 Å². The zero-order valence-electron chi connectivity index (χ0n) is 12.7. The minimum absolute atomic E-state index is 0.163. The summed E-state index contributed by atoms with van der Waals surface area (Å²) in [6, 6.07) is 5.99. The molecule has 2 heterocycles. The lowest BCUT2D eigenvalue weighted by Gasteiger charge is -2.18. The first-order chi connectivity index (χ1) is 10.8. The molecule has 0 spiro atoms. The van der Waals surface area contributed by atoms with E-state index in [2.05, 4.69) is 15.6 Å². The van der Waals surface area contributed by atoms with E-state index in [1.165, 1.54) is 11.3 Å². The topological polar surface area (TPSA) is 59.0 Å². The van der Waals surface area contributed by atoms with Gasteiger partial charge in [-0.3, -0.25) is 4.79 Å². The minimum Gasteiger partial charge on any atom is -0.385 e. The lowest BCUT2D eigenvalue weighted by Crippen LogP contribution is -2.25. The molecule has 0 saturated heterocycles. The highest BCUT2D eigenvalue weighted by atomic mass is 16.1. The first-order valence-corrected chi connectivity index (χ1v) is 7.89. The van der Waals surface area contributed by atoms with Gasteiger partial charge in [0.1, 0.15) is 0 Å². The Morgan fingerprint density at radius 1 is 1.41 bits per heavy atom. The molecule has 0 bridgehead atoms. The third-order valence-corrected chi connectivity index (χ3v) is 3.98. The monoisotopic (exact) mass is 298 g/mol. The highest BCUT2D eigenvalue weighted by molar-refractivity contribution is 5.98. The summed E-state index contributed by atoms with van der Waals surface area (Å²) in [4.78, 5) is 16.2. The number of imidazole rings is 1. The molecule has 3 rings (SSSR count). The Morgan fingerprint density at radius 2 is 2.36 bits per heavy atom.